The van der Waals surface area contributed by atoms with Crippen LogP contribution in [0.2, 0.25) is 0 Å². The summed E-state index contributed by atoms with van der Waals surface area (Å²) in [6.07, 6.45) is 23.5. The van der Waals surface area contributed by atoms with Gasteiger partial charge in [-0.15, -0.1) is 0 Å². The van der Waals surface area contributed by atoms with Crippen LogP contribution < -0.4 is 11.1 Å². The maximum absolute atomic E-state index is 11.0. The second kappa shape index (κ2) is 27.4. The summed E-state index contributed by atoms with van der Waals surface area (Å²) in [5.41, 5.74) is 5.28. The fourth-order valence-electron chi connectivity index (χ4n) is 3.39. The van der Waals surface area contributed by atoms with Gasteiger partial charge in [0.1, 0.15) is 6.04 Å². The van der Waals surface area contributed by atoms with Crippen molar-refractivity contribution < 1.29 is 24.6 Å². The van der Waals surface area contributed by atoms with Gasteiger partial charge in [-0.2, -0.15) is 0 Å². The highest BCUT2D eigenvalue weighted by atomic mass is 16.4. The first-order chi connectivity index (χ1) is 16.4. The third-order valence-corrected chi connectivity index (χ3v) is 5.55. The van der Waals surface area contributed by atoms with Crippen LogP contribution in [0.3, 0.4) is 0 Å². The van der Waals surface area contributed by atoms with E-state index in [1.807, 2.05) is 0 Å². The van der Waals surface area contributed by atoms with Gasteiger partial charge >= 0.3 is 11.9 Å². The second-order valence-electron chi connectivity index (χ2n) is 8.82. The van der Waals surface area contributed by atoms with Crippen LogP contribution in [-0.4, -0.2) is 40.6 Å². The zero-order chi connectivity index (χ0) is 25.9. The van der Waals surface area contributed by atoms with Gasteiger partial charge in [0.25, 0.3) is 0 Å². The highest BCUT2D eigenvalue weighted by molar-refractivity contribution is 5.83. The minimum atomic E-state index is -0.983. The van der Waals surface area contributed by atoms with Crippen LogP contribution in [0, 0.1) is 0 Å². The van der Waals surface area contributed by atoms with Crippen molar-refractivity contribution in [1.82, 2.24) is 5.32 Å². The third kappa shape index (κ3) is 28.1. The molecule has 7 nitrogen and oxygen atoms in total. The minimum Gasteiger partial charge on any atom is -0.481 e. The van der Waals surface area contributed by atoms with Gasteiger partial charge in [0, 0.05) is 12.8 Å². The molecule has 0 unspecified atom stereocenters. The molecule has 0 fully saturated rings. The average Bonchev–Trinajstić information content (AvgIpc) is 2.81. The van der Waals surface area contributed by atoms with E-state index in [-0.39, 0.29) is 5.91 Å². The van der Waals surface area contributed by atoms with Gasteiger partial charge in [-0.3, -0.25) is 9.59 Å². The van der Waals surface area contributed by atoms with Gasteiger partial charge in [0.15, 0.2) is 0 Å². The van der Waals surface area contributed by atoms with Crippen molar-refractivity contribution in [2.75, 3.05) is 6.54 Å². The normalized spacial score (nSPS) is 11.6. The number of carboxylic acid groups (broad SMARTS) is 2. The van der Waals surface area contributed by atoms with E-state index in [1.54, 1.807) is 6.92 Å². The molecule has 0 saturated carbocycles. The number of hydrogen-bond acceptors (Lipinski definition) is 4. The Balaban J connectivity index is 0. The number of allylic oxidation sites excluding steroid dienone is 2. The van der Waals surface area contributed by atoms with E-state index < -0.39 is 18.0 Å². The molecule has 0 heterocycles. The van der Waals surface area contributed by atoms with E-state index >= 15 is 0 Å². The van der Waals surface area contributed by atoms with E-state index in [2.05, 4.69) is 24.4 Å². The van der Waals surface area contributed by atoms with Crippen LogP contribution in [0.1, 0.15) is 129 Å². The minimum absolute atomic E-state index is 0.231. The first-order valence-electron chi connectivity index (χ1n) is 13.5. The largest absolute Gasteiger partial charge is 0.481 e. The molecule has 0 radical (unpaired) electrons. The van der Waals surface area contributed by atoms with Crippen LogP contribution >= 0.6 is 0 Å². The zero-order valence-corrected chi connectivity index (χ0v) is 21.9. The maximum atomic E-state index is 11.0. The molecule has 0 aromatic rings. The van der Waals surface area contributed by atoms with Gasteiger partial charge in [0.05, 0.1) is 0 Å². The smallest absolute Gasteiger partial charge is 0.326 e. The number of hydrogen-bond donors (Lipinski definition) is 4. The summed E-state index contributed by atoms with van der Waals surface area (Å²) in [6.45, 7) is 4.50. The Kier molecular flexibility index (Phi) is 27.6. The van der Waals surface area contributed by atoms with E-state index in [0.29, 0.717) is 25.8 Å². The summed E-state index contributed by atoms with van der Waals surface area (Å²) < 4.78 is 0. The Bertz CT molecular complexity index is 523. The van der Waals surface area contributed by atoms with Crippen molar-refractivity contribution >= 4 is 17.8 Å². The molecule has 200 valence electrons. The summed E-state index contributed by atoms with van der Waals surface area (Å²) in [5, 5.41) is 19.7. The molecule has 0 aromatic heterocycles. The molecule has 0 spiro atoms. The van der Waals surface area contributed by atoms with Crippen LogP contribution in [0.15, 0.2) is 12.2 Å². The molecule has 0 saturated heterocycles. The summed E-state index contributed by atoms with van der Waals surface area (Å²) in [4.78, 5) is 32.0. The van der Waals surface area contributed by atoms with E-state index in [4.69, 9.17) is 15.9 Å². The molecule has 0 aliphatic heterocycles. The molecule has 1 atom stereocenters. The molecule has 5 N–H and O–H groups in total. The fraction of sp³-hybridized carbons (Fsp3) is 0.815. The van der Waals surface area contributed by atoms with Crippen molar-refractivity contribution in [3.63, 3.8) is 0 Å². The molecular weight excluding hydrogens is 432 g/mol. The first-order valence-corrected chi connectivity index (χ1v) is 13.5. The lowest BCUT2D eigenvalue weighted by Crippen LogP contribution is -2.40. The van der Waals surface area contributed by atoms with Crippen molar-refractivity contribution in [3.8, 4) is 0 Å². The number of aliphatic carboxylic acids is 2. The highest BCUT2D eigenvalue weighted by Crippen LogP contribution is 2.09. The Labute approximate surface area is 208 Å². The molecule has 0 rings (SSSR count). The quantitative estimate of drug-likeness (QED) is 0.107. The summed E-state index contributed by atoms with van der Waals surface area (Å²) >= 11 is 0. The summed E-state index contributed by atoms with van der Waals surface area (Å²) in [5.74, 6) is -1.88. The van der Waals surface area contributed by atoms with Gasteiger partial charge in [-0.25, -0.2) is 4.79 Å². The lowest BCUT2D eigenvalue weighted by Gasteiger charge is -2.13. The molecule has 0 aromatic carbocycles. The van der Waals surface area contributed by atoms with Gasteiger partial charge in [0.2, 0.25) is 5.91 Å². The van der Waals surface area contributed by atoms with Gasteiger partial charge < -0.3 is 21.3 Å². The molecule has 1 amide bonds. The predicted octanol–water partition coefficient (Wildman–Crippen LogP) is 6.20. The summed E-state index contributed by atoms with van der Waals surface area (Å²) in [7, 11) is 0. The van der Waals surface area contributed by atoms with Crippen LogP contribution in [0.25, 0.3) is 0 Å². The number of rotatable bonds is 22. The average molecular weight is 485 g/mol. The topological polar surface area (TPSA) is 130 Å². The zero-order valence-electron chi connectivity index (χ0n) is 21.9. The Morgan fingerprint density at radius 1 is 0.765 bits per heavy atom. The number of unbranched alkanes of at least 4 members (excludes halogenated alkanes) is 12. The fourth-order valence-corrected chi connectivity index (χ4v) is 3.39. The van der Waals surface area contributed by atoms with E-state index in [0.717, 1.165) is 25.7 Å². The Morgan fingerprint density at radius 2 is 1.29 bits per heavy atom. The van der Waals surface area contributed by atoms with Gasteiger partial charge in [-0.05, 0) is 57.9 Å². The molecule has 0 aliphatic carbocycles. The first kappa shape index (κ1) is 34.3. The molecule has 34 heavy (non-hydrogen) atoms. The molecular formula is C27H52N2O5. The lowest BCUT2D eigenvalue weighted by molar-refractivity contribution is -0.142. The van der Waals surface area contributed by atoms with E-state index in [9.17, 15) is 14.4 Å². The van der Waals surface area contributed by atoms with Crippen molar-refractivity contribution in [2.24, 2.45) is 5.73 Å². The Morgan fingerprint density at radius 3 is 1.76 bits per heavy atom. The predicted molar refractivity (Wildman–Crippen MR) is 140 cm³/mol. The number of carboxylic acids is 2. The monoisotopic (exact) mass is 484 g/mol. The van der Waals surface area contributed by atoms with Crippen molar-refractivity contribution in [2.45, 2.75) is 135 Å². The second-order valence-corrected chi connectivity index (χ2v) is 8.82. The maximum Gasteiger partial charge on any atom is 0.326 e. The van der Waals surface area contributed by atoms with E-state index in [1.165, 1.54) is 70.6 Å². The van der Waals surface area contributed by atoms with Crippen molar-refractivity contribution in [3.05, 3.63) is 12.2 Å². The SMILES string of the molecule is CCC(=O)N[C@@H](CCCCN)C(=O)O.CCCCCCCC/C=C\CCCCCCCC(=O)O. The number of nitrogens with one attached hydrogen (secondary N) is 1. The number of carbonyl (C=O) groups is 3. The Hall–Kier alpha value is -1.89. The molecule has 0 bridgehead atoms. The number of nitrogens with two attached hydrogens (primary N) is 1. The van der Waals surface area contributed by atoms with Crippen LogP contribution in [0.5, 0.6) is 0 Å². The standard InChI is InChI=1S/C18H34O2.C9H18N2O3/c1-2-3-4-5-6-7-8-9-10-11-12-13-14-15-16-17-18(19)20;1-2-8(12)11-7(9(13)14)5-3-4-6-10/h9-10H,2-8,11-17H2,1H3,(H,19,20);7H,2-6,10H2,1H3,(H,11,12)(H,13,14)/b10-9-;/t;7-/m.0/s1. The number of amides is 1. The van der Waals surface area contributed by atoms with Crippen LogP contribution in [-0.2, 0) is 14.4 Å². The molecule has 7 heteroatoms. The summed E-state index contributed by atoms with van der Waals surface area (Å²) in [6, 6.07) is -0.769. The van der Waals surface area contributed by atoms with Crippen molar-refractivity contribution in [1.29, 1.82) is 0 Å². The van der Waals surface area contributed by atoms with Crippen LogP contribution in [0.4, 0.5) is 0 Å². The molecule has 0 aliphatic rings. The number of carbonyl (C=O) groups excluding carboxylic acids is 1. The highest BCUT2D eigenvalue weighted by Gasteiger charge is 2.17. The third-order valence-electron chi connectivity index (χ3n) is 5.55. The van der Waals surface area contributed by atoms with Gasteiger partial charge in [-0.1, -0.05) is 77.4 Å². The lowest BCUT2D eigenvalue weighted by atomic mass is 10.1.